The van der Waals surface area contributed by atoms with E-state index in [1.54, 1.807) is 24.3 Å². The molecule has 20 heavy (non-hydrogen) atoms. The zero-order valence-corrected chi connectivity index (χ0v) is 11.6. The van der Waals surface area contributed by atoms with Crippen LogP contribution in [0.1, 0.15) is 26.7 Å². The first-order valence-electron chi connectivity index (χ1n) is 6.47. The Kier molecular flexibility index (Phi) is 5.99. The fourth-order valence-corrected chi connectivity index (χ4v) is 1.48. The molecule has 6 heteroatoms. The third kappa shape index (κ3) is 5.27. The number of carbonyl (C=O) groups is 2. The first kappa shape index (κ1) is 16.0. The van der Waals surface area contributed by atoms with Crippen molar-refractivity contribution in [3.8, 4) is 5.75 Å². The second-order valence-corrected chi connectivity index (χ2v) is 4.56. The van der Waals surface area contributed by atoms with E-state index < -0.39 is 24.3 Å². The van der Waals surface area contributed by atoms with Crippen molar-refractivity contribution in [2.45, 2.75) is 38.8 Å². The Morgan fingerprint density at radius 3 is 2.75 bits per heavy atom. The zero-order valence-electron chi connectivity index (χ0n) is 11.6. The average molecular weight is 280 g/mol. The molecule has 0 aliphatic carbocycles. The van der Waals surface area contributed by atoms with Gasteiger partial charge < -0.3 is 20.9 Å². The van der Waals surface area contributed by atoms with Crippen LogP contribution in [0.15, 0.2) is 24.3 Å². The van der Waals surface area contributed by atoms with Crippen LogP contribution in [0.5, 0.6) is 5.75 Å². The Hall–Kier alpha value is -2.08. The van der Waals surface area contributed by atoms with Crippen molar-refractivity contribution in [3.63, 3.8) is 0 Å². The van der Waals surface area contributed by atoms with Crippen LogP contribution in [0.25, 0.3) is 0 Å². The monoisotopic (exact) mass is 280 g/mol. The van der Waals surface area contributed by atoms with Crippen molar-refractivity contribution < 1.29 is 19.4 Å². The number of aliphatic carboxylic acids is 1. The molecule has 0 aliphatic rings. The molecule has 0 heterocycles. The molecule has 0 saturated carbocycles. The van der Waals surface area contributed by atoms with Gasteiger partial charge in [-0.05, 0) is 25.5 Å². The number of anilines is 1. The molecule has 6 nitrogen and oxygen atoms in total. The van der Waals surface area contributed by atoms with Gasteiger partial charge in [-0.1, -0.05) is 13.0 Å². The summed E-state index contributed by atoms with van der Waals surface area (Å²) in [5.41, 5.74) is 6.01. The van der Waals surface area contributed by atoms with Crippen LogP contribution in [-0.4, -0.2) is 29.1 Å². The maximum atomic E-state index is 11.7. The molecule has 0 bridgehead atoms. The summed E-state index contributed by atoms with van der Waals surface area (Å²) in [5, 5.41) is 11.2. The number of carbonyl (C=O) groups excluding carboxylic acids is 1. The van der Waals surface area contributed by atoms with E-state index in [9.17, 15) is 9.59 Å². The first-order chi connectivity index (χ1) is 9.42. The molecular weight excluding hydrogens is 260 g/mol. The number of ether oxygens (including phenoxy) is 1. The highest BCUT2D eigenvalue weighted by molar-refractivity contribution is 5.96. The fourth-order valence-electron chi connectivity index (χ4n) is 1.48. The Labute approximate surface area is 117 Å². The lowest BCUT2D eigenvalue weighted by atomic mass is 10.2. The molecule has 2 unspecified atom stereocenters. The van der Waals surface area contributed by atoms with Crippen LogP contribution < -0.4 is 15.8 Å². The van der Waals surface area contributed by atoms with Gasteiger partial charge in [-0.15, -0.1) is 0 Å². The normalized spacial score (nSPS) is 13.3. The van der Waals surface area contributed by atoms with E-state index in [1.165, 1.54) is 0 Å². The van der Waals surface area contributed by atoms with E-state index >= 15 is 0 Å². The molecule has 0 aromatic heterocycles. The zero-order chi connectivity index (χ0) is 15.1. The van der Waals surface area contributed by atoms with Crippen LogP contribution in [-0.2, 0) is 9.59 Å². The third-order valence-electron chi connectivity index (χ3n) is 2.75. The van der Waals surface area contributed by atoms with Crippen LogP contribution in [0, 0.1) is 0 Å². The Morgan fingerprint density at radius 2 is 2.15 bits per heavy atom. The second-order valence-electron chi connectivity index (χ2n) is 4.56. The minimum absolute atomic E-state index is 0.0789. The number of hydrogen-bond acceptors (Lipinski definition) is 4. The quantitative estimate of drug-likeness (QED) is 0.704. The maximum absolute atomic E-state index is 11.7. The molecule has 1 aromatic rings. The van der Waals surface area contributed by atoms with Crippen LogP contribution in [0.4, 0.5) is 5.69 Å². The number of nitrogens with one attached hydrogen (secondary N) is 1. The molecule has 1 rings (SSSR count). The molecule has 1 amide bonds. The highest BCUT2D eigenvalue weighted by Gasteiger charge is 2.17. The summed E-state index contributed by atoms with van der Waals surface area (Å²) in [5.74, 6) is -1.00. The largest absolute Gasteiger partial charge is 0.491 e. The van der Waals surface area contributed by atoms with Gasteiger partial charge in [0.05, 0.1) is 18.6 Å². The first-order valence-corrected chi connectivity index (χ1v) is 6.47. The fraction of sp³-hybridized carbons (Fsp3) is 0.429. The minimum Gasteiger partial charge on any atom is -0.491 e. The van der Waals surface area contributed by atoms with Gasteiger partial charge in [0.25, 0.3) is 0 Å². The van der Waals surface area contributed by atoms with Gasteiger partial charge in [-0.25, -0.2) is 0 Å². The van der Waals surface area contributed by atoms with Crippen molar-refractivity contribution in [1.82, 2.24) is 0 Å². The molecule has 0 fully saturated rings. The van der Waals surface area contributed by atoms with Gasteiger partial charge in [0.1, 0.15) is 5.75 Å². The summed E-state index contributed by atoms with van der Waals surface area (Å²) in [6.07, 6.45) is 0.546. The summed E-state index contributed by atoms with van der Waals surface area (Å²) in [6.45, 7) is 3.97. The van der Waals surface area contributed by atoms with Crippen LogP contribution in [0.3, 0.4) is 0 Å². The molecular formula is C14H20N2O4. The van der Waals surface area contributed by atoms with Crippen molar-refractivity contribution >= 4 is 17.6 Å². The summed E-state index contributed by atoms with van der Waals surface area (Å²) in [6, 6.07) is 5.83. The smallest absolute Gasteiger partial charge is 0.305 e. The van der Waals surface area contributed by atoms with Crippen molar-refractivity contribution in [1.29, 1.82) is 0 Å². The highest BCUT2D eigenvalue weighted by Crippen LogP contribution is 2.19. The number of carboxylic acid groups (broad SMARTS) is 1. The maximum Gasteiger partial charge on any atom is 0.305 e. The standard InChI is InChI=1S/C14H20N2O4/c1-3-9(2)20-11-6-4-5-10(7-11)16-14(19)12(15)8-13(17)18/h4-7,9,12H,3,8,15H2,1-2H3,(H,16,19)(H,17,18). The van der Waals surface area contributed by atoms with E-state index in [4.69, 9.17) is 15.6 Å². The Bertz CT molecular complexity index is 476. The van der Waals surface area contributed by atoms with Crippen molar-refractivity contribution in [2.24, 2.45) is 5.73 Å². The topological polar surface area (TPSA) is 102 Å². The number of carboxylic acids is 1. The lowest BCUT2D eigenvalue weighted by molar-refractivity contribution is -0.138. The van der Waals surface area contributed by atoms with Gasteiger partial charge in [0, 0.05) is 11.8 Å². The van der Waals surface area contributed by atoms with E-state index in [0.29, 0.717) is 11.4 Å². The summed E-state index contributed by atoms with van der Waals surface area (Å²) < 4.78 is 5.63. The predicted molar refractivity (Wildman–Crippen MR) is 75.7 cm³/mol. The molecule has 1 aromatic carbocycles. The number of rotatable bonds is 7. The number of hydrogen-bond donors (Lipinski definition) is 3. The molecule has 0 radical (unpaired) electrons. The lowest BCUT2D eigenvalue weighted by Crippen LogP contribution is -2.37. The van der Waals surface area contributed by atoms with Gasteiger partial charge in [-0.3, -0.25) is 9.59 Å². The molecule has 0 spiro atoms. The van der Waals surface area contributed by atoms with Crippen LogP contribution in [0.2, 0.25) is 0 Å². The molecule has 4 N–H and O–H groups in total. The minimum atomic E-state index is -1.11. The van der Waals surface area contributed by atoms with Gasteiger partial charge >= 0.3 is 5.97 Å². The van der Waals surface area contributed by atoms with Gasteiger partial charge in [-0.2, -0.15) is 0 Å². The lowest BCUT2D eigenvalue weighted by Gasteiger charge is -2.14. The molecule has 110 valence electrons. The summed E-state index contributed by atoms with van der Waals surface area (Å²) >= 11 is 0. The number of benzene rings is 1. The molecule has 0 aliphatic heterocycles. The Morgan fingerprint density at radius 1 is 1.45 bits per heavy atom. The summed E-state index contributed by atoms with van der Waals surface area (Å²) in [7, 11) is 0. The molecule has 2 atom stereocenters. The average Bonchev–Trinajstić information content (AvgIpc) is 2.38. The second kappa shape index (κ2) is 7.49. The predicted octanol–water partition coefficient (Wildman–Crippen LogP) is 1.60. The van der Waals surface area contributed by atoms with E-state index in [2.05, 4.69) is 5.32 Å². The number of amides is 1. The van der Waals surface area contributed by atoms with E-state index in [0.717, 1.165) is 6.42 Å². The number of nitrogens with two attached hydrogens (primary N) is 1. The highest BCUT2D eigenvalue weighted by atomic mass is 16.5. The van der Waals surface area contributed by atoms with Crippen molar-refractivity contribution in [3.05, 3.63) is 24.3 Å². The van der Waals surface area contributed by atoms with E-state index in [1.807, 2.05) is 13.8 Å². The SMILES string of the molecule is CCC(C)Oc1cccc(NC(=O)C(N)CC(=O)O)c1. The van der Waals surface area contributed by atoms with Gasteiger partial charge in [0.15, 0.2) is 0 Å². The van der Waals surface area contributed by atoms with Gasteiger partial charge in [0.2, 0.25) is 5.91 Å². The summed E-state index contributed by atoms with van der Waals surface area (Å²) in [4.78, 5) is 22.2. The van der Waals surface area contributed by atoms with Crippen molar-refractivity contribution in [2.75, 3.05) is 5.32 Å². The van der Waals surface area contributed by atoms with E-state index in [-0.39, 0.29) is 6.10 Å². The third-order valence-corrected chi connectivity index (χ3v) is 2.75. The van der Waals surface area contributed by atoms with Crippen LogP contribution >= 0.6 is 0 Å². The molecule has 0 saturated heterocycles. The Balaban J connectivity index is 2.66.